The molecule has 10 heteroatoms. The van der Waals surface area contributed by atoms with Gasteiger partial charge < -0.3 is 0 Å². The molecule has 1 saturated carbocycles. The number of nitrogens with zero attached hydrogens (tertiary/aromatic N) is 1. The average molecular weight is 654 g/mol. The molecule has 46 heavy (non-hydrogen) atoms. The van der Waals surface area contributed by atoms with Crippen molar-refractivity contribution in [1.82, 2.24) is 0 Å². The molecular formula is C36H35F4NO4S. The number of para-hydroxylation sites is 1. The number of Topliss-reactive ketones (excluding diaryl/α,β-unsaturated/α-hetero) is 1. The van der Waals surface area contributed by atoms with Crippen molar-refractivity contribution in [3.8, 4) is 11.1 Å². The topological polar surface area (TPSA) is 77.5 Å². The number of halogens is 4. The number of carbonyl (C=O) groups is 2. The molecule has 1 aliphatic heterocycles. The third kappa shape index (κ3) is 6.60. The molecule has 0 amide bonds. The summed E-state index contributed by atoms with van der Waals surface area (Å²) in [5, 5.41) is 9.66. The van der Waals surface area contributed by atoms with Gasteiger partial charge in [0.2, 0.25) is 0 Å². The Hall–Kier alpha value is -3.63. The summed E-state index contributed by atoms with van der Waals surface area (Å²) < 4.78 is 68.3. The van der Waals surface area contributed by atoms with Crippen LogP contribution in [0.5, 0.6) is 0 Å². The van der Waals surface area contributed by atoms with E-state index in [0.717, 1.165) is 48.7 Å². The monoisotopic (exact) mass is 653 g/mol. The third-order valence-corrected chi connectivity index (χ3v) is 11.3. The first-order valence-electron chi connectivity index (χ1n) is 15.7. The summed E-state index contributed by atoms with van der Waals surface area (Å²) in [7, 11) is -1.41. The Labute approximate surface area is 267 Å². The average Bonchev–Trinajstić information content (AvgIpc) is 3.20. The molecule has 0 bridgehead atoms. The van der Waals surface area contributed by atoms with Crippen LogP contribution in [0.15, 0.2) is 77.2 Å². The zero-order chi connectivity index (χ0) is 32.6. The van der Waals surface area contributed by atoms with Gasteiger partial charge in [0.15, 0.2) is 0 Å². The van der Waals surface area contributed by atoms with E-state index in [0.29, 0.717) is 34.2 Å². The fourth-order valence-electron chi connectivity index (χ4n) is 7.34. The molecule has 3 aromatic rings. The molecule has 0 aromatic heterocycles. The fourth-order valence-corrected chi connectivity index (χ4v) is 8.94. The van der Waals surface area contributed by atoms with Crippen molar-refractivity contribution >= 4 is 33.8 Å². The van der Waals surface area contributed by atoms with E-state index in [2.05, 4.69) is 4.90 Å². The molecule has 3 aromatic carbocycles. The Bertz CT molecular complexity index is 1760. The minimum absolute atomic E-state index is 0.0680. The van der Waals surface area contributed by atoms with Gasteiger partial charge in [0.1, 0.15) is 0 Å². The number of carboxylic acid groups (broad SMARTS) is 1. The number of hydrogen-bond donors (Lipinski definition) is 1. The first-order chi connectivity index (χ1) is 22.0. The second-order valence-corrected chi connectivity index (χ2v) is 14.0. The number of aromatic carboxylic acids is 1. The standard InChI is InChI=1S/C36H35F4NO4S/c37-31-16-15-25(17-30(31)35(43)44)29-19-33-32(18-28(29)23-11-13-24(14-12-23)34(42)36(38,39)40)41(27-9-5-2-6-10-27)20-26(21-46(33)45)22-7-3-1-4-8-22/h2,5-6,9-10,13,15-19,22-23,26H,1,3-4,7-8,11-12,14,20-21H2,(H,43,44). The Morgan fingerprint density at radius 3 is 2.33 bits per heavy atom. The van der Waals surface area contributed by atoms with Crippen LogP contribution in [0.2, 0.25) is 0 Å². The molecule has 0 radical (unpaired) electrons. The van der Waals surface area contributed by atoms with Gasteiger partial charge in [-0.05, 0) is 0 Å². The molecule has 1 N–H and O–H groups in total. The van der Waals surface area contributed by atoms with E-state index in [1.54, 1.807) is 6.07 Å². The molecule has 2 unspecified atom stereocenters. The molecule has 242 valence electrons. The predicted octanol–water partition coefficient (Wildman–Crippen LogP) is 9.19. The van der Waals surface area contributed by atoms with Crippen LogP contribution in [-0.2, 0) is 19.5 Å². The number of carbonyl (C=O) groups excluding carboxylic acids is 1. The van der Waals surface area contributed by atoms with Crippen molar-refractivity contribution in [3.63, 3.8) is 0 Å². The van der Waals surface area contributed by atoms with Crippen LogP contribution in [0.4, 0.5) is 28.9 Å². The number of hydrogen-bond acceptors (Lipinski definition) is 4. The Morgan fingerprint density at radius 2 is 1.67 bits per heavy atom. The molecular weight excluding hydrogens is 618 g/mol. The van der Waals surface area contributed by atoms with E-state index in [4.69, 9.17) is 0 Å². The van der Waals surface area contributed by atoms with Gasteiger partial charge in [0.25, 0.3) is 0 Å². The summed E-state index contributed by atoms with van der Waals surface area (Å²) in [4.78, 5) is 26.6. The summed E-state index contributed by atoms with van der Waals surface area (Å²) in [6.45, 7) is 0.653. The van der Waals surface area contributed by atoms with Gasteiger partial charge in [-0.1, -0.05) is 0 Å². The second-order valence-electron chi connectivity index (χ2n) is 12.6. The van der Waals surface area contributed by atoms with Crippen molar-refractivity contribution < 1.29 is 36.3 Å². The molecule has 6 rings (SSSR count). The number of rotatable bonds is 6. The molecule has 2 atom stereocenters. The van der Waals surface area contributed by atoms with Crippen LogP contribution in [0.25, 0.3) is 11.1 Å². The molecule has 0 saturated heterocycles. The predicted molar refractivity (Wildman–Crippen MR) is 169 cm³/mol. The van der Waals surface area contributed by atoms with Gasteiger partial charge in [0.05, 0.1) is 0 Å². The van der Waals surface area contributed by atoms with Crippen molar-refractivity contribution in [1.29, 1.82) is 0 Å². The summed E-state index contributed by atoms with van der Waals surface area (Å²) in [5.41, 5.74) is 2.59. The summed E-state index contributed by atoms with van der Waals surface area (Å²) in [6.07, 6.45) is 2.39. The second kappa shape index (κ2) is 13.2. The Kier molecular flexibility index (Phi) is 9.30. The summed E-state index contributed by atoms with van der Waals surface area (Å²) in [5.74, 6) is -3.40. The van der Waals surface area contributed by atoms with Gasteiger partial charge in [0, 0.05) is 0 Å². The molecule has 3 aliphatic rings. The van der Waals surface area contributed by atoms with Gasteiger partial charge in [-0.2, -0.15) is 0 Å². The van der Waals surface area contributed by atoms with E-state index < -0.39 is 40.0 Å². The number of alkyl halides is 3. The van der Waals surface area contributed by atoms with Gasteiger partial charge >= 0.3 is 268 Å². The minimum atomic E-state index is -4.95. The summed E-state index contributed by atoms with van der Waals surface area (Å²) >= 11 is 0. The third-order valence-electron chi connectivity index (χ3n) is 9.74. The van der Waals surface area contributed by atoms with Crippen LogP contribution in [0.3, 0.4) is 0 Å². The van der Waals surface area contributed by atoms with Crippen molar-refractivity contribution in [2.75, 3.05) is 17.2 Å². The van der Waals surface area contributed by atoms with E-state index in [1.807, 2.05) is 36.4 Å². The molecule has 2 aliphatic carbocycles. The van der Waals surface area contributed by atoms with Crippen LogP contribution in [0, 0.1) is 17.7 Å². The van der Waals surface area contributed by atoms with Gasteiger partial charge in [-0.3, -0.25) is 0 Å². The Morgan fingerprint density at radius 1 is 0.935 bits per heavy atom. The SMILES string of the molecule is O=C(O)c1cc(-c2cc3c(cc2C2CC=C(C(=O)C(F)(F)F)CC2)N(c2ccccc2)CC(C2CCCCC2)C[S-]3#[O+])ccc1F. The van der Waals surface area contributed by atoms with Crippen molar-refractivity contribution in [2.24, 2.45) is 11.8 Å². The first kappa shape index (κ1) is 32.3. The Balaban J connectivity index is 1.51. The van der Waals surface area contributed by atoms with E-state index >= 15 is 0 Å². The fraction of sp³-hybridized carbons (Fsp3) is 0.389. The zero-order valence-electron chi connectivity index (χ0n) is 25.2. The maximum atomic E-state index is 14.5. The number of anilines is 2. The van der Waals surface area contributed by atoms with Gasteiger partial charge in [-0.25, -0.2) is 0 Å². The molecule has 1 heterocycles. The van der Waals surface area contributed by atoms with Crippen LogP contribution >= 0.6 is 0 Å². The molecule has 0 spiro atoms. The van der Waals surface area contributed by atoms with Crippen molar-refractivity contribution in [3.05, 3.63) is 89.3 Å². The van der Waals surface area contributed by atoms with E-state index in [1.165, 1.54) is 24.6 Å². The number of fused-ring (bicyclic) bond motifs is 1. The van der Waals surface area contributed by atoms with Crippen molar-refractivity contribution in [2.45, 2.75) is 68.4 Å². The number of benzene rings is 3. The maximum absolute atomic E-state index is 14.5. The van der Waals surface area contributed by atoms with Crippen LogP contribution in [-0.4, -0.2) is 35.3 Å². The number of allylic oxidation sites excluding steroid dienone is 2. The van der Waals surface area contributed by atoms with Crippen LogP contribution < -0.4 is 4.90 Å². The van der Waals surface area contributed by atoms with Crippen LogP contribution in [0.1, 0.15) is 73.2 Å². The first-order valence-corrected chi connectivity index (χ1v) is 17.1. The zero-order valence-corrected chi connectivity index (χ0v) is 26.0. The normalized spacial score (nSPS) is 21.3. The quantitative estimate of drug-likeness (QED) is 0.164. The van der Waals surface area contributed by atoms with Gasteiger partial charge in [-0.15, -0.1) is 0 Å². The summed E-state index contributed by atoms with van der Waals surface area (Å²) in [6, 6.07) is 17.4. The van der Waals surface area contributed by atoms with E-state index in [-0.39, 0.29) is 36.7 Å². The molecule has 5 nitrogen and oxygen atoms in total. The number of carboxylic acids is 1. The molecule has 1 fully saturated rings. The van der Waals surface area contributed by atoms with E-state index in [9.17, 15) is 36.3 Å². The number of ketones is 1.